The molecular weight excluding hydrogens is 408 g/mol. The van der Waals surface area contributed by atoms with E-state index in [1.54, 1.807) is 0 Å². The molecule has 0 saturated carbocycles. The number of aliphatic hydroxyl groups is 2. The van der Waals surface area contributed by atoms with Gasteiger partial charge in [0.2, 0.25) is 11.2 Å². The number of alkyl halides is 8. The monoisotopic (exact) mass is 422 g/mol. The van der Waals surface area contributed by atoms with Crippen LogP contribution in [0.5, 0.6) is 5.75 Å². The van der Waals surface area contributed by atoms with Crippen LogP contribution in [0.15, 0.2) is 30.4 Å². The third-order valence-corrected chi connectivity index (χ3v) is 3.75. The maximum atomic E-state index is 13.1. The van der Waals surface area contributed by atoms with E-state index in [0.717, 1.165) is 6.92 Å². The molecule has 28 heavy (non-hydrogen) atoms. The van der Waals surface area contributed by atoms with Gasteiger partial charge in [0.1, 0.15) is 19.1 Å². The second-order valence-corrected chi connectivity index (χ2v) is 5.90. The van der Waals surface area contributed by atoms with Crippen molar-refractivity contribution >= 4 is 5.97 Å². The summed E-state index contributed by atoms with van der Waals surface area (Å²) in [6.07, 6.45) is -11.4. The number of hydrogen-bond acceptors (Lipinski definition) is 4. The van der Waals surface area contributed by atoms with E-state index >= 15 is 0 Å². The Bertz CT molecular complexity index is 712. The number of hydrogen-bond donors (Lipinski definition) is 2. The van der Waals surface area contributed by atoms with Crippen LogP contribution in [0.25, 0.3) is 0 Å². The first-order chi connectivity index (χ1) is 12.5. The summed E-state index contributed by atoms with van der Waals surface area (Å²) in [5.41, 5.74) is -12.0. The predicted molar refractivity (Wildman–Crippen MR) is 78.7 cm³/mol. The molecule has 0 fully saturated rings. The lowest BCUT2D eigenvalue weighted by Crippen LogP contribution is -2.46. The van der Waals surface area contributed by atoms with Gasteiger partial charge in [0.25, 0.3) is 0 Å². The van der Waals surface area contributed by atoms with Gasteiger partial charge in [-0.2, -0.15) is 26.3 Å². The summed E-state index contributed by atoms with van der Waals surface area (Å²) in [6.45, 7) is -0.783. The molecule has 158 valence electrons. The first kappa shape index (κ1) is 23.8. The summed E-state index contributed by atoms with van der Waals surface area (Å²) in [5.74, 6) is -2.32. The molecular formula is C16H14F8O4. The molecule has 2 N–H and O–H groups in total. The SMILES string of the molecule is C=C(C)C(=O)Oc1cc(C(O)(CF)C(F)(F)F)cc(C(O)(CF)C(F)(F)F)c1. The number of halogens is 8. The Kier molecular flexibility index (Phi) is 6.52. The lowest BCUT2D eigenvalue weighted by molar-refractivity contribution is -0.273. The molecule has 0 aliphatic rings. The Hall–Kier alpha value is -2.21. The summed E-state index contributed by atoms with van der Waals surface area (Å²) in [6, 6.07) is 0.414. The summed E-state index contributed by atoms with van der Waals surface area (Å²) in [5, 5.41) is 19.3. The van der Waals surface area contributed by atoms with E-state index in [1.165, 1.54) is 0 Å². The van der Waals surface area contributed by atoms with Gasteiger partial charge in [0, 0.05) is 5.57 Å². The van der Waals surface area contributed by atoms with E-state index in [9.17, 15) is 50.1 Å². The summed E-state index contributed by atoms with van der Waals surface area (Å²) >= 11 is 0. The summed E-state index contributed by atoms with van der Waals surface area (Å²) in [7, 11) is 0. The zero-order chi connectivity index (χ0) is 22.1. The zero-order valence-electron chi connectivity index (χ0n) is 14.1. The second kappa shape index (κ2) is 7.66. The second-order valence-electron chi connectivity index (χ2n) is 5.90. The molecule has 0 aliphatic heterocycles. The molecule has 2 unspecified atom stereocenters. The van der Waals surface area contributed by atoms with Gasteiger partial charge < -0.3 is 14.9 Å². The topological polar surface area (TPSA) is 66.8 Å². The standard InChI is InChI=1S/C16H14F8O4/c1-8(2)12(25)28-11-4-9(13(26,6-17)15(19,20)21)3-10(5-11)14(27,7-18)16(22,23)24/h3-5,26-27H,1,6-7H2,2H3. The highest BCUT2D eigenvalue weighted by molar-refractivity contribution is 5.88. The molecule has 12 heteroatoms. The molecule has 0 radical (unpaired) electrons. The van der Waals surface area contributed by atoms with Gasteiger partial charge in [-0.25, -0.2) is 13.6 Å². The molecule has 0 amide bonds. The number of ether oxygens (including phenoxy) is 1. The van der Waals surface area contributed by atoms with E-state index in [1.807, 2.05) is 0 Å². The highest BCUT2D eigenvalue weighted by Gasteiger charge is 2.58. The molecule has 1 rings (SSSR count). The minimum atomic E-state index is -5.71. The van der Waals surface area contributed by atoms with Gasteiger partial charge in [-0.1, -0.05) is 6.58 Å². The average Bonchev–Trinajstić information content (AvgIpc) is 2.57. The minimum Gasteiger partial charge on any atom is -0.423 e. The van der Waals surface area contributed by atoms with Crippen LogP contribution >= 0.6 is 0 Å². The van der Waals surface area contributed by atoms with Crippen LogP contribution < -0.4 is 4.74 Å². The molecule has 0 aromatic heterocycles. The third-order valence-electron chi connectivity index (χ3n) is 3.75. The Morgan fingerprint density at radius 2 is 1.29 bits per heavy atom. The van der Waals surface area contributed by atoms with Gasteiger partial charge in [-0.3, -0.25) is 0 Å². The van der Waals surface area contributed by atoms with E-state index in [2.05, 4.69) is 11.3 Å². The number of carbonyl (C=O) groups is 1. The van der Waals surface area contributed by atoms with Crippen molar-refractivity contribution in [1.82, 2.24) is 0 Å². The van der Waals surface area contributed by atoms with E-state index in [-0.39, 0.29) is 23.8 Å². The number of esters is 1. The average molecular weight is 422 g/mol. The number of carbonyl (C=O) groups excluding carboxylic acids is 1. The molecule has 0 saturated heterocycles. The predicted octanol–water partition coefficient (Wildman–Crippen LogP) is 3.61. The van der Waals surface area contributed by atoms with Crippen LogP contribution in [-0.2, 0) is 16.0 Å². The smallest absolute Gasteiger partial charge is 0.423 e. The summed E-state index contributed by atoms with van der Waals surface area (Å²) < 4.78 is 109. The molecule has 2 atom stereocenters. The Morgan fingerprint density at radius 3 is 1.54 bits per heavy atom. The fraction of sp³-hybridized carbons (Fsp3) is 0.438. The Labute approximate surface area is 153 Å². The summed E-state index contributed by atoms with van der Waals surface area (Å²) in [4.78, 5) is 11.5. The highest BCUT2D eigenvalue weighted by atomic mass is 19.4. The molecule has 0 bridgehead atoms. The fourth-order valence-electron chi connectivity index (χ4n) is 1.96. The molecule has 0 spiro atoms. The van der Waals surface area contributed by atoms with Crippen molar-refractivity contribution in [2.75, 3.05) is 13.3 Å². The quantitative estimate of drug-likeness (QED) is 0.318. The van der Waals surface area contributed by atoms with Crippen LogP contribution in [0.4, 0.5) is 35.1 Å². The van der Waals surface area contributed by atoms with Crippen LogP contribution in [0.1, 0.15) is 18.1 Å². The van der Waals surface area contributed by atoms with Crippen molar-refractivity contribution in [2.45, 2.75) is 30.5 Å². The third kappa shape index (κ3) is 4.27. The zero-order valence-corrected chi connectivity index (χ0v) is 14.1. The van der Waals surface area contributed by atoms with E-state index in [4.69, 9.17) is 0 Å². The van der Waals surface area contributed by atoms with Crippen molar-refractivity contribution in [3.63, 3.8) is 0 Å². The number of rotatable bonds is 6. The van der Waals surface area contributed by atoms with Crippen molar-refractivity contribution in [2.24, 2.45) is 0 Å². The first-order valence-corrected chi connectivity index (χ1v) is 7.27. The lowest BCUT2D eigenvalue weighted by atomic mass is 9.87. The highest BCUT2D eigenvalue weighted by Crippen LogP contribution is 2.45. The molecule has 1 aromatic carbocycles. The van der Waals surface area contributed by atoms with Gasteiger partial charge in [0.15, 0.2) is 0 Å². The van der Waals surface area contributed by atoms with Crippen molar-refractivity contribution in [3.05, 3.63) is 41.5 Å². The fourth-order valence-corrected chi connectivity index (χ4v) is 1.96. The maximum Gasteiger partial charge on any atom is 0.424 e. The van der Waals surface area contributed by atoms with Crippen molar-refractivity contribution in [3.8, 4) is 5.75 Å². The Balaban J connectivity index is 3.79. The van der Waals surface area contributed by atoms with Crippen LogP contribution in [0.2, 0.25) is 0 Å². The van der Waals surface area contributed by atoms with E-state index in [0.29, 0.717) is 0 Å². The van der Waals surface area contributed by atoms with Gasteiger partial charge >= 0.3 is 18.3 Å². The maximum absolute atomic E-state index is 13.1. The largest absolute Gasteiger partial charge is 0.424 e. The van der Waals surface area contributed by atoms with Crippen molar-refractivity contribution in [1.29, 1.82) is 0 Å². The van der Waals surface area contributed by atoms with Crippen molar-refractivity contribution < 1.29 is 54.9 Å². The molecule has 1 aromatic rings. The number of benzene rings is 1. The molecule has 0 heterocycles. The first-order valence-electron chi connectivity index (χ1n) is 7.27. The minimum absolute atomic E-state index is 0.0712. The molecule has 0 aliphatic carbocycles. The van der Waals surface area contributed by atoms with Gasteiger partial charge in [-0.15, -0.1) is 0 Å². The Morgan fingerprint density at radius 1 is 0.929 bits per heavy atom. The van der Waals surface area contributed by atoms with Crippen LogP contribution in [0, 0.1) is 0 Å². The lowest BCUT2D eigenvalue weighted by Gasteiger charge is -2.32. The molecule has 4 nitrogen and oxygen atoms in total. The van der Waals surface area contributed by atoms with Crippen LogP contribution in [-0.4, -0.2) is 41.9 Å². The normalized spacial score (nSPS) is 16.8. The van der Waals surface area contributed by atoms with Gasteiger partial charge in [-0.05, 0) is 36.2 Å². The van der Waals surface area contributed by atoms with Gasteiger partial charge in [0.05, 0.1) is 0 Å². The van der Waals surface area contributed by atoms with E-state index < -0.39 is 59.7 Å². The van der Waals surface area contributed by atoms with Crippen LogP contribution in [0.3, 0.4) is 0 Å².